The molecule has 43 heavy (non-hydrogen) atoms. The average molecular weight is 594 g/mol. The molecule has 5 rings (SSSR count). The number of hydrogen-bond donors (Lipinski definition) is 0. The lowest BCUT2D eigenvalue weighted by molar-refractivity contribution is -0.133. The van der Waals surface area contributed by atoms with E-state index in [0.29, 0.717) is 19.0 Å². The number of ether oxygens (including phenoxy) is 1. The standard InChI is InChI=1S/C32H48BN5O5/c1-30(2,3)41-29(40)37-18-16-35(17-19-37)21-24-12-14-36(15-13-24)28(39)23-38-22-26(20-34-38)25-8-10-27(11-9-25)33-42-31(4,5)32(6,7)43-33/h8-11,20,22,24H,12-19,21,23H2,1-7H3. The van der Waals surface area contributed by atoms with Crippen molar-refractivity contribution in [1.82, 2.24) is 24.5 Å². The van der Waals surface area contributed by atoms with Crippen molar-refractivity contribution in [3.63, 3.8) is 0 Å². The Kier molecular flexibility index (Phi) is 8.98. The van der Waals surface area contributed by atoms with Crippen LogP contribution in [0.2, 0.25) is 0 Å². The molecule has 1 aromatic heterocycles. The normalized spacial score (nSPS) is 21.3. The van der Waals surface area contributed by atoms with Crippen LogP contribution in [0.15, 0.2) is 36.7 Å². The maximum atomic E-state index is 13.1. The Labute approximate surface area is 256 Å². The largest absolute Gasteiger partial charge is 0.494 e. The number of carbonyl (C=O) groups is 2. The van der Waals surface area contributed by atoms with E-state index in [4.69, 9.17) is 14.0 Å². The molecule has 0 saturated carbocycles. The quantitative estimate of drug-likeness (QED) is 0.473. The number of hydrogen-bond acceptors (Lipinski definition) is 7. The van der Waals surface area contributed by atoms with E-state index in [1.165, 1.54) is 0 Å². The van der Waals surface area contributed by atoms with Crippen LogP contribution in [-0.4, -0.2) is 106 Å². The highest BCUT2D eigenvalue weighted by atomic mass is 16.7. The molecule has 4 heterocycles. The lowest BCUT2D eigenvalue weighted by Crippen LogP contribution is -2.51. The third-order valence-electron chi connectivity index (χ3n) is 9.21. The van der Waals surface area contributed by atoms with Gasteiger partial charge in [0.15, 0.2) is 0 Å². The molecule has 0 N–H and O–H groups in total. The number of piperidine rings is 1. The molecule has 2 amide bonds. The molecule has 0 radical (unpaired) electrons. The molecule has 3 aliphatic heterocycles. The summed E-state index contributed by atoms with van der Waals surface area (Å²) >= 11 is 0. The molecule has 11 heteroatoms. The van der Waals surface area contributed by atoms with Crippen LogP contribution < -0.4 is 5.46 Å². The highest BCUT2D eigenvalue weighted by molar-refractivity contribution is 6.62. The molecule has 3 fully saturated rings. The van der Waals surface area contributed by atoms with Crippen molar-refractivity contribution in [2.24, 2.45) is 5.92 Å². The summed E-state index contributed by atoms with van der Waals surface area (Å²) in [7, 11) is -0.391. The number of piperazine rings is 1. The summed E-state index contributed by atoms with van der Waals surface area (Å²) in [6.07, 6.45) is 5.52. The second kappa shape index (κ2) is 12.2. The van der Waals surface area contributed by atoms with Gasteiger partial charge in [-0.15, -0.1) is 0 Å². The Morgan fingerprint density at radius 2 is 1.51 bits per heavy atom. The Balaban J connectivity index is 1.05. The van der Waals surface area contributed by atoms with Crippen LogP contribution in [0, 0.1) is 5.92 Å². The highest BCUT2D eigenvalue weighted by Crippen LogP contribution is 2.36. The van der Waals surface area contributed by atoms with Crippen LogP contribution >= 0.6 is 0 Å². The predicted octanol–water partition coefficient (Wildman–Crippen LogP) is 3.64. The van der Waals surface area contributed by atoms with Crippen molar-refractivity contribution >= 4 is 24.6 Å². The van der Waals surface area contributed by atoms with Crippen molar-refractivity contribution in [2.45, 2.75) is 84.7 Å². The van der Waals surface area contributed by atoms with Gasteiger partial charge in [-0.25, -0.2) is 4.79 Å². The van der Waals surface area contributed by atoms with E-state index < -0.39 is 12.7 Å². The molecule has 2 aromatic rings. The van der Waals surface area contributed by atoms with Crippen molar-refractivity contribution in [1.29, 1.82) is 0 Å². The van der Waals surface area contributed by atoms with Crippen molar-refractivity contribution in [3.05, 3.63) is 36.7 Å². The van der Waals surface area contributed by atoms with E-state index in [1.807, 2.05) is 62.3 Å². The van der Waals surface area contributed by atoms with Gasteiger partial charge >= 0.3 is 13.2 Å². The molecule has 0 spiro atoms. The van der Waals surface area contributed by atoms with Crippen molar-refractivity contribution in [2.75, 3.05) is 45.8 Å². The summed E-state index contributed by atoms with van der Waals surface area (Å²) in [5.74, 6) is 0.670. The zero-order valence-corrected chi connectivity index (χ0v) is 27.0. The average Bonchev–Trinajstić information content (AvgIpc) is 3.49. The number of aromatic nitrogens is 2. The number of likely N-dealkylation sites (tertiary alicyclic amines) is 1. The molecular weight excluding hydrogens is 545 g/mol. The molecule has 3 aliphatic rings. The van der Waals surface area contributed by atoms with Crippen molar-refractivity contribution < 1.29 is 23.6 Å². The number of carbonyl (C=O) groups excluding carboxylic acids is 2. The van der Waals surface area contributed by atoms with E-state index in [-0.39, 0.29) is 29.7 Å². The Hall–Kier alpha value is -2.89. The van der Waals surface area contributed by atoms with Gasteiger partial charge in [0, 0.05) is 57.6 Å². The first-order valence-electron chi connectivity index (χ1n) is 15.7. The highest BCUT2D eigenvalue weighted by Gasteiger charge is 2.51. The molecule has 1 aromatic carbocycles. The zero-order chi connectivity index (χ0) is 31.0. The summed E-state index contributed by atoms with van der Waals surface area (Å²) in [5, 5.41) is 4.47. The predicted molar refractivity (Wildman–Crippen MR) is 167 cm³/mol. The fraction of sp³-hybridized carbons (Fsp3) is 0.656. The smallest absolute Gasteiger partial charge is 0.444 e. The van der Waals surface area contributed by atoms with Gasteiger partial charge in [0.25, 0.3) is 0 Å². The third kappa shape index (κ3) is 7.62. The maximum Gasteiger partial charge on any atom is 0.494 e. The maximum absolute atomic E-state index is 13.1. The molecule has 0 unspecified atom stereocenters. The molecule has 234 valence electrons. The molecular formula is C32H48BN5O5. The van der Waals surface area contributed by atoms with E-state index in [0.717, 1.165) is 62.2 Å². The fourth-order valence-corrected chi connectivity index (χ4v) is 5.82. The van der Waals surface area contributed by atoms with Gasteiger partial charge in [-0.2, -0.15) is 5.10 Å². The number of benzene rings is 1. The minimum Gasteiger partial charge on any atom is -0.444 e. The van der Waals surface area contributed by atoms with Gasteiger partial charge in [-0.1, -0.05) is 24.3 Å². The summed E-state index contributed by atoms with van der Waals surface area (Å²) in [6.45, 7) is 19.8. The van der Waals surface area contributed by atoms with E-state index >= 15 is 0 Å². The molecule has 0 aliphatic carbocycles. The summed E-state index contributed by atoms with van der Waals surface area (Å²) in [4.78, 5) is 31.6. The number of nitrogens with zero attached hydrogens (tertiary/aromatic N) is 5. The number of rotatable bonds is 6. The summed E-state index contributed by atoms with van der Waals surface area (Å²) < 4.78 is 19.6. The van der Waals surface area contributed by atoms with Crippen LogP contribution in [0.5, 0.6) is 0 Å². The minimum atomic E-state index is -0.470. The second-order valence-electron chi connectivity index (χ2n) is 14.2. The topological polar surface area (TPSA) is 89.4 Å². The Morgan fingerprint density at radius 3 is 2.09 bits per heavy atom. The van der Waals surface area contributed by atoms with Crippen LogP contribution in [0.25, 0.3) is 11.1 Å². The van der Waals surface area contributed by atoms with Crippen LogP contribution in [0.1, 0.15) is 61.3 Å². The first-order valence-corrected chi connectivity index (χ1v) is 15.7. The van der Waals surface area contributed by atoms with Gasteiger partial charge in [0.2, 0.25) is 5.91 Å². The Bertz CT molecular complexity index is 1260. The fourth-order valence-electron chi connectivity index (χ4n) is 5.82. The van der Waals surface area contributed by atoms with Crippen LogP contribution in [-0.2, 0) is 25.4 Å². The number of amides is 2. The van der Waals surface area contributed by atoms with Gasteiger partial charge in [-0.05, 0) is 78.3 Å². The van der Waals surface area contributed by atoms with E-state index in [2.05, 4.69) is 37.7 Å². The van der Waals surface area contributed by atoms with E-state index in [9.17, 15) is 9.59 Å². The molecule has 3 saturated heterocycles. The zero-order valence-electron chi connectivity index (χ0n) is 27.0. The molecule has 10 nitrogen and oxygen atoms in total. The minimum absolute atomic E-state index is 0.107. The monoisotopic (exact) mass is 593 g/mol. The second-order valence-corrected chi connectivity index (χ2v) is 14.2. The van der Waals surface area contributed by atoms with Crippen LogP contribution in [0.3, 0.4) is 0 Å². The van der Waals surface area contributed by atoms with Crippen LogP contribution in [0.4, 0.5) is 4.79 Å². The third-order valence-corrected chi connectivity index (χ3v) is 9.21. The lowest BCUT2D eigenvalue weighted by atomic mass is 9.78. The molecule has 0 bridgehead atoms. The van der Waals surface area contributed by atoms with E-state index in [1.54, 1.807) is 9.58 Å². The lowest BCUT2D eigenvalue weighted by Gasteiger charge is -2.39. The first kappa shape index (κ1) is 31.5. The van der Waals surface area contributed by atoms with Gasteiger partial charge in [0.05, 0.1) is 17.4 Å². The first-order chi connectivity index (χ1) is 20.2. The summed E-state index contributed by atoms with van der Waals surface area (Å²) in [6, 6.07) is 8.16. The van der Waals surface area contributed by atoms with Crippen molar-refractivity contribution in [3.8, 4) is 11.1 Å². The SMILES string of the molecule is CC(C)(C)OC(=O)N1CCN(CC2CCN(C(=O)Cn3cc(-c4ccc(B5OC(C)(C)C(C)(C)O5)cc4)cn3)CC2)CC1. The van der Waals surface area contributed by atoms with Gasteiger partial charge in [-0.3, -0.25) is 14.4 Å². The van der Waals surface area contributed by atoms with Gasteiger partial charge < -0.3 is 23.8 Å². The van der Waals surface area contributed by atoms with Gasteiger partial charge in [0.1, 0.15) is 12.1 Å². The Morgan fingerprint density at radius 1 is 0.907 bits per heavy atom. The summed E-state index contributed by atoms with van der Waals surface area (Å²) in [5.41, 5.74) is 1.77. The molecule has 0 atom stereocenters.